The topological polar surface area (TPSA) is 196 Å². The Morgan fingerprint density at radius 1 is 1.10 bits per heavy atom. The Hall–Kier alpha value is -4.41. The van der Waals surface area contributed by atoms with E-state index in [1.807, 2.05) is 20.8 Å². The predicted molar refractivity (Wildman–Crippen MR) is 187 cm³/mol. The van der Waals surface area contributed by atoms with Crippen LogP contribution >= 0.6 is 11.6 Å². The number of nitrogens with one attached hydrogen (secondary N) is 2. The van der Waals surface area contributed by atoms with Crippen LogP contribution in [0, 0.1) is 17.3 Å². The van der Waals surface area contributed by atoms with E-state index in [4.69, 9.17) is 41.0 Å². The van der Waals surface area contributed by atoms with Gasteiger partial charge in [0, 0.05) is 37.5 Å². The highest BCUT2D eigenvalue weighted by molar-refractivity contribution is 6.36. The summed E-state index contributed by atoms with van der Waals surface area (Å²) in [5.41, 5.74) is 5.49. The molecule has 6 atom stereocenters. The second-order valence-electron chi connectivity index (χ2n) is 15.0. The molecule has 4 aliphatic rings. The molecule has 0 bridgehead atoms. The average Bonchev–Trinajstić information content (AvgIpc) is 3.46. The standard InChI is InChI=1S/C35H45ClN8O8/c1-35(2,3)30(41-34(47)51-21-13-19-12-20(19)14-21)32(46)44-17-22(15-24(44)31(37)45)50-26-16-27(52-33-38-18-39-42-33)40-29-23(26)4-5-25(28(29)36)49-11-8-43-6-9-48-10-7-43/h4-5,16,18-22,24,30H,6-15,17H2,1-3H3,(H2,37,45)(H,41,47)(H,38,39,42)/t19-,20+,21?,22?,24-,30+/m0/s1. The van der Waals surface area contributed by atoms with Gasteiger partial charge < -0.3 is 39.6 Å². The third-order valence-corrected chi connectivity index (χ3v) is 10.6. The van der Waals surface area contributed by atoms with Crippen molar-refractivity contribution in [1.82, 2.24) is 35.3 Å². The normalized spacial score (nSPS) is 25.0. The third kappa shape index (κ3) is 8.13. The first-order chi connectivity index (χ1) is 24.9. The fourth-order valence-electron chi connectivity index (χ4n) is 7.35. The van der Waals surface area contributed by atoms with Crippen LogP contribution in [0.25, 0.3) is 10.9 Å². The van der Waals surface area contributed by atoms with Crippen LogP contribution in [0.1, 0.15) is 46.5 Å². The zero-order valence-corrected chi connectivity index (χ0v) is 30.3. The summed E-state index contributed by atoms with van der Waals surface area (Å²) in [6.45, 7) is 9.71. The second kappa shape index (κ2) is 14.9. The van der Waals surface area contributed by atoms with Crippen molar-refractivity contribution >= 4 is 40.4 Å². The van der Waals surface area contributed by atoms with Gasteiger partial charge in [-0.25, -0.2) is 14.9 Å². The van der Waals surface area contributed by atoms with Crippen LogP contribution in [0.15, 0.2) is 24.5 Å². The zero-order chi connectivity index (χ0) is 36.6. The number of carbonyl (C=O) groups is 3. The van der Waals surface area contributed by atoms with E-state index in [2.05, 4.69) is 30.4 Å². The van der Waals surface area contributed by atoms with Crippen molar-refractivity contribution in [2.45, 2.75) is 70.7 Å². The maximum absolute atomic E-state index is 14.2. The van der Waals surface area contributed by atoms with Gasteiger partial charge in [-0.3, -0.25) is 14.5 Å². The number of carbonyl (C=O) groups excluding carboxylic acids is 3. The van der Waals surface area contributed by atoms with E-state index < -0.39 is 41.5 Å². The van der Waals surface area contributed by atoms with E-state index in [0.29, 0.717) is 60.6 Å². The number of pyridine rings is 1. The Bertz CT molecular complexity index is 1770. The van der Waals surface area contributed by atoms with Crippen molar-refractivity contribution in [2.75, 3.05) is 46.0 Å². The predicted octanol–water partition coefficient (Wildman–Crippen LogP) is 3.28. The first-order valence-electron chi connectivity index (χ1n) is 17.8. The lowest BCUT2D eigenvalue weighted by molar-refractivity contribution is -0.141. The Labute approximate surface area is 306 Å². The number of rotatable bonds is 12. The number of H-pyrrole nitrogens is 1. The van der Waals surface area contributed by atoms with E-state index in [1.165, 1.54) is 17.6 Å². The van der Waals surface area contributed by atoms with Crippen LogP contribution in [0.2, 0.25) is 5.02 Å². The Morgan fingerprint density at radius 3 is 2.56 bits per heavy atom. The molecule has 52 heavy (non-hydrogen) atoms. The van der Waals surface area contributed by atoms with E-state index >= 15 is 0 Å². The molecule has 280 valence electrons. The lowest BCUT2D eigenvalue weighted by Gasteiger charge is -2.35. The summed E-state index contributed by atoms with van der Waals surface area (Å²) in [5, 5.41) is 10.1. The SMILES string of the molecule is CC(C)(C)[C@H](NC(=O)OC1C[C@@H]2C[C@@H]2C1)C(=O)N1CC(Oc2cc(Oc3ncn[nH]3)nc3c(Cl)c(OCCN4CCOCC4)ccc23)C[C@H]1C(N)=O. The average molecular weight is 741 g/mol. The maximum Gasteiger partial charge on any atom is 0.408 e. The summed E-state index contributed by atoms with van der Waals surface area (Å²) < 4.78 is 29.5. The fourth-order valence-corrected chi connectivity index (χ4v) is 7.61. The summed E-state index contributed by atoms with van der Waals surface area (Å²) in [5.74, 6) is 1.02. The number of ether oxygens (including phenoxy) is 5. The van der Waals surface area contributed by atoms with Crippen molar-refractivity contribution in [1.29, 1.82) is 0 Å². The number of primary amides is 1. The van der Waals surface area contributed by atoms with Crippen LogP contribution < -0.4 is 25.3 Å². The number of amides is 3. The van der Waals surface area contributed by atoms with Crippen LogP contribution in [0.5, 0.6) is 23.4 Å². The first kappa shape index (κ1) is 36.0. The number of likely N-dealkylation sites (tertiary alicyclic amines) is 1. The van der Waals surface area contributed by atoms with Gasteiger partial charge in [0.25, 0.3) is 0 Å². The summed E-state index contributed by atoms with van der Waals surface area (Å²) in [4.78, 5) is 52.2. The largest absolute Gasteiger partial charge is 0.491 e. The molecule has 2 saturated carbocycles. The molecule has 16 nitrogen and oxygen atoms in total. The molecular formula is C35H45ClN8O8. The first-order valence-corrected chi connectivity index (χ1v) is 18.1. The molecule has 7 rings (SSSR count). The van der Waals surface area contributed by atoms with Gasteiger partial charge in [0.15, 0.2) is 0 Å². The van der Waals surface area contributed by atoms with Crippen LogP contribution in [0.4, 0.5) is 4.79 Å². The monoisotopic (exact) mass is 740 g/mol. The zero-order valence-electron chi connectivity index (χ0n) is 29.5. The number of nitrogens with zero attached hydrogens (tertiary/aromatic N) is 5. The van der Waals surface area contributed by atoms with Crippen molar-refractivity contribution < 1.29 is 38.1 Å². The van der Waals surface area contributed by atoms with E-state index in [1.54, 1.807) is 18.2 Å². The van der Waals surface area contributed by atoms with Gasteiger partial charge in [0.1, 0.15) is 59.3 Å². The molecule has 2 unspecified atom stereocenters. The Morgan fingerprint density at radius 2 is 1.87 bits per heavy atom. The molecule has 17 heteroatoms. The van der Waals surface area contributed by atoms with Crippen LogP contribution in [-0.4, -0.2) is 118 Å². The summed E-state index contributed by atoms with van der Waals surface area (Å²) in [6.07, 6.45) is 2.85. The van der Waals surface area contributed by atoms with Crippen molar-refractivity contribution in [2.24, 2.45) is 23.0 Å². The highest BCUT2D eigenvalue weighted by Crippen LogP contribution is 2.52. The quantitative estimate of drug-likeness (QED) is 0.246. The molecule has 1 aromatic carbocycles. The smallest absolute Gasteiger partial charge is 0.408 e. The van der Waals surface area contributed by atoms with E-state index in [-0.39, 0.29) is 36.0 Å². The van der Waals surface area contributed by atoms with Gasteiger partial charge in [-0.15, -0.1) is 0 Å². The van der Waals surface area contributed by atoms with Gasteiger partial charge in [0.05, 0.1) is 19.8 Å². The molecule has 4 fully saturated rings. The minimum absolute atomic E-state index is 0.0281. The number of aromatic nitrogens is 4. The number of hydrogen-bond acceptors (Lipinski definition) is 12. The lowest BCUT2D eigenvalue weighted by atomic mass is 9.85. The minimum atomic E-state index is -0.985. The summed E-state index contributed by atoms with van der Waals surface area (Å²) >= 11 is 6.89. The molecule has 2 aliphatic heterocycles. The number of benzene rings is 1. The fraction of sp³-hybridized carbons (Fsp3) is 0.600. The third-order valence-electron chi connectivity index (χ3n) is 10.2. The maximum atomic E-state index is 14.2. The van der Waals surface area contributed by atoms with E-state index in [9.17, 15) is 14.4 Å². The molecule has 4 N–H and O–H groups in total. The molecule has 2 saturated heterocycles. The van der Waals surface area contributed by atoms with Crippen molar-refractivity contribution in [3.63, 3.8) is 0 Å². The Kier molecular flexibility index (Phi) is 10.3. The number of aromatic amines is 1. The van der Waals surface area contributed by atoms with Crippen LogP contribution in [-0.2, 0) is 19.1 Å². The molecule has 3 amide bonds. The highest BCUT2D eigenvalue weighted by atomic mass is 35.5. The summed E-state index contributed by atoms with van der Waals surface area (Å²) in [6, 6.07) is 3.25. The molecule has 0 radical (unpaired) electrons. The number of halogens is 1. The highest BCUT2D eigenvalue weighted by Gasteiger charge is 2.48. The summed E-state index contributed by atoms with van der Waals surface area (Å²) in [7, 11) is 0. The van der Waals surface area contributed by atoms with Gasteiger partial charge in [-0.1, -0.05) is 32.4 Å². The van der Waals surface area contributed by atoms with Crippen molar-refractivity contribution in [3.05, 3.63) is 29.5 Å². The second-order valence-corrected chi connectivity index (χ2v) is 15.4. The van der Waals surface area contributed by atoms with Crippen LogP contribution in [0.3, 0.4) is 0 Å². The molecule has 0 spiro atoms. The molecule has 3 aromatic rings. The van der Waals surface area contributed by atoms with Gasteiger partial charge >= 0.3 is 12.1 Å². The van der Waals surface area contributed by atoms with Gasteiger partial charge in [-0.2, -0.15) is 10.1 Å². The number of morpholine rings is 1. The Balaban J connectivity index is 1.10. The minimum Gasteiger partial charge on any atom is -0.491 e. The molecular weight excluding hydrogens is 696 g/mol. The van der Waals surface area contributed by atoms with Crippen molar-refractivity contribution in [3.8, 4) is 23.4 Å². The van der Waals surface area contributed by atoms with Gasteiger partial charge in [-0.05, 0) is 48.6 Å². The molecule has 4 heterocycles. The lowest BCUT2D eigenvalue weighted by Crippen LogP contribution is -2.57. The number of fused-ring (bicyclic) bond motifs is 2. The molecule has 2 aromatic heterocycles. The molecule has 2 aliphatic carbocycles. The number of alkyl carbamates (subject to hydrolysis) is 1. The number of hydrogen-bond donors (Lipinski definition) is 3. The van der Waals surface area contributed by atoms with E-state index in [0.717, 1.165) is 25.9 Å². The number of nitrogens with two attached hydrogens (primary N) is 1. The van der Waals surface area contributed by atoms with Gasteiger partial charge in [0.2, 0.25) is 17.7 Å².